The molecule has 0 spiro atoms. The summed E-state index contributed by atoms with van der Waals surface area (Å²) in [6, 6.07) is 12.2. The van der Waals surface area contributed by atoms with E-state index in [9.17, 15) is 4.39 Å². The van der Waals surface area contributed by atoms with Crippen LogP contribution in [0.25, 0.3) is 11.1 Å². The normalized spacial score (nSPS) is 10.0. The Morgan fingerprint density at radius 1 is 1.18 bits per heavy atom. The second-order valence-electron chi connectivity index (χ2n) is 3.82. The molecule has 2 aromatic carbocycles. The van der Waals surface area contributed by atoms with Crippen LogP contribution < -0.4 is 0 Å². The molecule has 0 atom stereocenters. The summed E-state index contributed by atoms with van der Waals surface area (Å²) in [6.45, 7) is 1.91. The molecule has 17 heavy (non-hydrogen) atoms. The molecule has 0 bridgehead atoms. The first-order valence-corrected chi connectivity index (χ1v) is 5.86. The zero-order chi connectivity index (χ0) is 12.4. The molecule has 0 saturated heterocycles. The topological polar surface area (TPSA) is 23.8 Å². The molecular formula is C14H9BrFN. The molecule has 0 amide bonds. The van der Waals surface area contributed by atoms with Crippen molar-refractivity contribution in [3.63, 3.8) is 0 Å². The van der Waals surface area contributed by atoms with Crippen LogP contribution in [0.3, 0.4) is 0 Å². The van der Waals surface area contributed by atoms with Gasteiger partial charge in [-0.15, -0.1) is 0 Å². The van der Waals surface area contributed by atoms with E-state index in [1.54, 1.807) is 30.3 Å². The number of halogens is 2. The molecule has 0 aromatic heterocycles. The molecule has 1 nitrogen and oxygen atoms in total. The Balaban J connectivity index is 2.64. The van der Waals surface area contributed by atoms with Crippen LogP contribution in [0.2, 0.25) is 0 Å². The molecule has 0 heterocycles. The van der Waals surface area contributed by atoms with Crippen LogP contribution in [0, 0.1) is 24.1 Å². The standard InChI is InChI=1S/C14H9BrFN/c1-9-2-3-14(16)13(4-9)11-5-10(8-17)6-12(15)7-11/h2-7H,1H3. The van der Waals surface area contributed by atoms with Crippen LogP contribution in [-0.4, -0.2) is 0 Å². The molecule has 3 heteroatoms. The Labute approximate surface area is 108 Å². The minimum absolute atomic E-state index is 0.280. The Morgan fingerprint density at radius 3 is 2.65 bits per heavy atom. The van der Waals surface area contributed by atoms with Gasteiger partial charge in [-0.3, -0.25) is 0 Å². The maximum absolute atomic E-state index is 13.7. The predicted molar refractivity (Wildman–Crippen MR) is 69.0 cm³/mol. The summed E-state index contributed by atoms with van der Waals surface area (Å²) >= 11 is 3.32. The monoisotopic (exact) mass is 289 g/mol. The minimum atomic E-state index is -0.280. The number of rotatable bonds is 1. The highest BCUT2D eigenvalue weighted by atomic mass is 79.9. The van der Waals surface area contributed by atoms with Gasteiger partial charge in [0.2, 0.25) is 0 Å². The maximum Gasteiger partial charge on any atom is 0.131 e. The maximum atomic E-state index is 13.7. The molecular weight excluding hydrogens is 281 g/mol. The fourth-order valence-electron chi connectivity index (χ4n) is 1.67. The highest BCUT2D eigenvalue weighted by molar-refractivity contribution is 9.10. The number of nitriles is 1. The van der Waals surface area contributed by atoms with E-state index in [1.807, 2.05) is 6.92 Å². The average molecular weight is 290 g/mol. The Morgan fingerprint density at radius 2 is 1.94 bits per heavy atom. The van der Waals surface area contributed by atoms with Gasteiger partial charge < -0.3 is 0 Å². The number of hydrogen-bond acceptors (Lipinski definition) is 1. The third kappa shape index (κ3) is 2.54. The van der Waals surface area contributed by atoms with E-state index in [0.29, 0.717) is 16.7 Å². The van der Waals surface area contributed by atoms with Crippen molar-refractivity contribution in [2.24, 2.45) is 0 Å². The van der Waals surface area contributed by atoms with Crippen LogP contribution in [0.1, 0.15) is 11.1 Å². The van der Waals surface area contributed by atoms with Gasteiger partial charge in [0.25, 0.3) is 0 Å². The predicted octanol–water partition coefficient (Wildman–Crippen LogP) is 4.44. The highest BCUT2D eigenvalue weighted by Gasteiger charge is 2.07. The van der Waals surface area contributed by atoms with Crippen LogP contribution in [0.5, 0.6) is 0 Å². The molecule has 0 unspecified atom stereocenters. The number of hydrogen-bond donors (Lipinski definition) is 0. The third-order valence-corrected chi connectivity index (χ3v) is 2.92. The van der Waals surface area contributed by atoms with E-state index >= 15 is 0 Å². The van der Waals surface area contributed by atoms with Gasteiger partial charge in [-0.25, -0.2) is 4.39 Å². The van der Waals surface area contributed by atoms with Crippen LogP contribution in [0.15, 0.2) is 40.9 Å². The summed E-state index contributed by atoms with van der Waals surface area (Å²) in [5.74, 6) is -0.280. The number of nitrogens with zero attached hydrogens (tertiary/aromatic N) is 1. The molecule has 0 aliphatic carbocycles. The van der Waals surface area contributed by atoms with E-state index in [4.69, 9.17) is 5.26 Å². The molecule has 84 valence electrons. The van der Waals surface area contributed by atoms with Crippen molar-refractivity contribution in [2.45, 2.75) is 6.92 Å². The average Bonchev–Trinajstić information content (AvgIpc) is 2.31. The van der Waals surface area contributed by atoms with E-state index in [-0.39, 0.29) is 5.82 Å². The van der Waals surface area contributed by atoms with Crippen molar-refractivity contribution in [1.82, 2.24) is 0 Å². The van der Waals surface area contributed by atoms with Gasteiger partial charge in [0.05, 0.1) is 11.6 Å². The van der Waals surface area contributed by atoms with Gasteiger partial charge >= 0.3 is 0 Å². The van der Waals surface area contributed by atoms with Crippen LogP contribution in [0.4, 0.5) is 4.39 Å². The largest absolute Gasteiger partial charge is 0.206 e. The molecule has 2 rings (SSSR count). The first-order chi connectivity index (χ1) is 8.10. The third-order valence-electron chi connectivity index (χ3n) is 2.46. The first kappa shape index (κ1) is 11.8. The van der Waals surface area contributed by atoms with Gasteiger partial charge in [-0.1, -0.05) is 27.6 Å². The fourth-order valence-corrected chi connectivity index (χ4v) is 2.16. The lowest BCUT2D eigenvalue weighted by atomic mass is 10.0. The lowest BCUT2D eigenvalue weighted by Gasteiger charge is -2.06. The van der Waals surface area contributed by atoms with Crippen molar-refractivity contribution >= 4 is 15.9 Å². The Hall–Kier alpha value is -1.66. The summed E-state index contributed by atoms with van der Waals surface area (Å²) in [7, 11) is 0. The van der Waals surface area contributed by atoms with Gasteiger partial charge in [0, 0.05) is 10.0 Å². The number of benzene rings is 2. The Kier molecular flexibility index (Phi) is 3.26. The fraction of sp³-hybridized carbons (Fsp3) is 0.0714. The molecule has 0 aliphatic heterocycles. The molecule has 0 fully saturated rings. The minimum Gasteiger partial charge on any atom is -0.206 e. The van der Waals surface area contributed by atoms with Crippen molar-refractivity contribution < 1.29 is 4.39 Å². The van der Waals surface area contributed by atoms with Crippen LogP contribution in [-0.2, 0) is 0 Å². The van der Waals surface area contributed by atoms with Crippen molar-refractivity contribution in [3.05, 3.63) is 57.8 Å². The van der Waals surface area contributed by atoms with Gasteiger partial charge in [0.1, 0.15) is 5.82 Å². The van der Waals surface area contributed by atoms with E-state index in [2.05, 4.69) is 22.0 Å². The molecule has 0 N–H and O–H groups in total. The molecule has 0 aliphatic rings. The quantitative estimate of drug-likeness (QED) is 0.762. The van der Waals surface area contributed by atoms with E-state index in [0.717, 1.165) is 10.0 Å². The number of aryl methyl sites for hydroxylation is 1. The highest BCUT2D eigenvalue weighted by Crippen LogP contribution is 2.27. The van der Waals surface area contributed by atoms with Gasteiger partial charge in [-0.2, -0.15) is 5.26 Å². The van der Waals surface area contributed by atoms with E-state index < -0.39 is 0 Å². The Bertz CT molecular complexity index is 614. The van der Waals surface area contributed by atoms with Crippen molar-refractivity contribution in [1.29, 1.82) is 5.26 Å². The van der Waals surface area contributed by atoms with Crippen LogP contribution >= 0.6 is 15.9 Å². The molecule has 0 radical (unpaired) electrons. The van der Waals surface area contributed by atoms with Gasteiger partial charge in [-0.05, 0) is 42.8 Å². The summed E-state index contributed by atoms with van der Waals surface area (Å²) in [6.07, 6.45) is 0. The van der Waals surface area contributed by atoms with Crippen molar-refractivity contribution in [2.75, 3.05) is 0 Å². The smallest absolute Gasteiger partial charge is 0.131 e. The summed E-state index contributed by atoms with van der Waals surface area (Å²) in [5.41, 5.74) is 2.72. The molecule has 0 saturated carbocycles. The van der Waals surface area contributed by atoms with Gasteiger partial charge in [0.15, 0.2) is 0 Å². The summed E-state index contributed by atoms with van der Waals surface area (Å²) < 4.78 is 14.5. The zero-order valence-electron chi connectivity index (χ0n) is 9.17. The first-order valence-electron chi connectivity index (χ1n) is 5.07. The second-order valence-corrected chi connectivity index (χ2v) is 4.74. The van der Waals surface area contributed by atoms with E-state index in [1.165, 1.54) is 6.07 Å². The summed E-state index contributed by atoms with van der Waals surface area (Å²) in [5, 5.41) is 8.89. The summed E-state index contributed by atoms with van der Waals surface area (Å²) in [4.78, 5) is 0. The second kappa shape index (κ2) is 4.68. The molecule has 2 aromatic rings. The SMILES string of the molecule is Cc1ccc(F)c(-c2cc(Br)cc(C#N)c2)c1. The van der Waals surface area contributed by atoms with Crippen molar-refractivity contribution in [3.8, 4) is 17.2 Å². The lowest BCUT2D eigenvalue weighted by Crippen LogP contribution is -1.87. The lowest BCUT2D eigenvalue weighted by molar-refractivity contribution is 0.631. The zero-order valence-corrected chi connectivity index (χ0v) is 10.8.